The van der Waals surface area contributed by atoms with E-state index in [1.165, 1.54) is 49.8 Å². The minimum Gasteiger partial charge on any atom is -0.456 e. The Morgan fingerprint density at radius 2 is 1.45 bits per heavy atom. The smallest absolute Gasteiger partial charge is 0.325 e. The van der Waals surface area contributed by atoms with Crippen molar-refractivity contribution in [3.05, 3.63) is 70.2 Å². The highest BCUT2D eigenvalue weighted by molar-refractivity contribution is 6.30. The monoisotopic (exact) mass is 470 g/mol. The summed E-state index contributed by atoms with van der Waals surface area (Å²) in [5.74, 6) is -1.48. The van der Waals surface area contributed by atoms with Crippen LogP contribution in [0.4, 0.5) is 0 Å². The number of rotatable bonds is 9. The predicted octanol–water partition coefficient (Wildman–Crippen LogP) is 3.66. The molecule has 7 nitrogen and oxygen atoms in total. The number of Topliss-reactive ketones (excluding diaryl/α,β-unsaturated/α-hetero) is 1. The number of amides is 2. The number of halogens is 1. The fourth-order valence-electron chi connectivity index (χ4n) is 3.75. The minimum atomic E-state index is -0.737. The summed E-state index contributed by atoms with van der Waals surface area (Å²) in [6.45, 7) is -1.10. The van der Waals surface area contributed by atoms with Crippen molar-refractivity contribution in [3.63, 3.8) is 0 Å². The van der Waals surface area contributed by atoms with Crippen molar-refractivity contribution in [2.45, 2.75) is 38.0 Å². The maximum absolute atomic E-state index is 12.3. The summed E-state index contributed by atoms with van der Waals surface area (Å²) < 4.78 is 4.96. The van der Waals surface area contributed by atoms with E-state index in [9.17, 15) is 19.2 Å². The highest BCUT2D eigenvalue weighted by atomic mass is 35.5. The van der Waals surface area contributed by atoms with Gasteiger partial charge in [-0.05, 0) is 48.6 Å². The Kier molecular flexibility index (Phi) is 9.01. The van der Waals surface area contributed by atoms with Crippen molar-refractivity contribution in [3.8, 4) is 0 Å². The SMILES string of the molecule is O=C(CNC(=O)c1ccc(Cl)cc1)NCC(=O)OCC(=O)c1ccc(C2CCCCC2)cc1. The number of esters is 1. The van der Waals surface area contributed by atoms with Crippen LogP contribution in [0.2, 0.25) is 5.02 Å². The van der Waals surface area contributed by atoms with Crippen molar-refractivity contribution >= 4 is 35.2 Å². The van der Waals surface area contributed by atoms with Gasteiger partial charge >= 0.3 is 5.97 Å². The van der Waals surface area contributed by atoms with Gasteiger partial charge in [0, 0.05) is 16.1 Å². The fourth-order valence-corrected chi connectivity index (χ4v) is 3.88. The molecule has 0 atom stereocenters. The van der Waals surface area contributed by atoms with Crippen molar-refractivity contribution in [2.75, 3.05) is 19.7 Å². The molecule has 1 saturated carbocycles. The summed E-state index contributed by atoms with van der Waals surface area (Å²) in [7, 11) is 0. The molecule has 2 aromatic rings. The van der Waals surface area contributed by atoms with E-state index in [4.69, 9.17) is 16.3 Å². The maximum Gasteiger partial charge on any atom is 0.325 e. The number of carbonyl (C=O) groups is 4. The Morgan fingerprint density at radius 1 is 0.818 bits per heavy atom. The molecule has 0 radical (unpaired) electrons. The lowest BCUT2D eigenvalue weighted by atomic mass is 9.84. The molecule has 3 rings (SSSR count). The first-order chi connectivity index (χ1) is 15.9. The molecule has 0 unspecified atom stereocenters. The van der Waals surface area contributed by atoms with Gasteiger partial charge in [-0.2, -0.15) is 0 Å². The Morgan fingerprint density at radius 3 is 2.12 bits per heavy atom. The molecule has 0 bridgehead atoms. The number of ketones is 1. The van der Waals surface area contributed by atoms with Crippen LogP contribution >= 0.6 is 11.6 Å². The zero-order valence-corrected chi connectivity index (χ0v) is 19.0. The largest absolute Gasteiger partial charge is 0.456 e. The molecule has 0 spiro atoms. The van der Waals surface area contributed by atoms with E-state index in [0.717, 1.165) is 0 Å². The topological polar surface area (TPSA) is 102 Å². The number of hydrogen-bond acceptors (Lipinski definition) is 5. The van der Waals surface area contributed by atoms with Crippen LogP contribution in [-0.2, 0) is 14.3 Å². The third-order valence-electron chi connectivity index (χ3n) is 5.62. The van der Waals surface area contributed by atoms with Gasteiger partial charge in [0.05, 0.1) is 6.54 Å². The van der Waals surface area contributed by atoms with Crippen molar-refractivity contribution in [1.82, 2.24) is 10.6 Å². The first kappa shape index (κ1) is 24.5. The summed E-state index contributed by atoms with van der Waals surface area (Å²) in [5, 5.41) is 5.28. The zero-order valence-electron chi connectivity index (χ0n) is 18.3. The molecule has 0 aromatic heterocycles. The molecule has 174 valence electrons. The summed E-state index contributed by atoms with van der Waals surface area (Å²) in [6.07, 6.45) is 6.14. The van der Waals surface area contributed by atoms with Gasteiger partial charge in [-0.1, -0.05) is 55.1 Å². The van der Waals surface area contributed by atoms with Crippen molar-refractivity contribution in [1.29, 1.82) is 0 Å². The van der Waals surface area contributed by atoms with Gasteiger partial charge in [-0.3, -0.25) is 19.2 Å². The summed E-state index contributed by atoms with van der Waals surface area (Å²) in [4.78, 5) is 47.9. The second kappa shape index (κ2) is 12.2. The summed E-state index contributed by atoms with van der Waals surface area (Å²) in [5.41, 5.74) is 2.09. The molecule has 2 amide bonds. The van der Waals surface area contributed by atoms with Crippen LogP contribution in [0.1, 0.15) is 64.3 Å². The molecule has 1 aliphatic rings. The van der Waals surface area contributed by atoms with E-state index in [1.54, 1.807) is 24.3 Å². The van der Waals surface area contributed by atoms with Crippen LogP contribution in [0.25, 0.3) is 0 Å². The van der Waals surface area contributed by atoms with Crippen LogP contribution in [0.3, 0.4) is 0 Å². The van der Waals surface area contributed by atoms with E-state index in [1.807, 2.05) is 12.1 Å². The lowest BCUT2D eigenvalue weighted by molar-refractivity contribution is -0.142. The molecule has 33 heavy (non-hydrogen) atoms. The molecule has 0 aliphatic heterocycles. The van der Waals surface area contributed by atoms with Crippen LogP contribution in [-0.4, -0.2) is 43.3 Å². The second-order valence-corrected chi connectivity index (χ2v) is 8.44. The van der Waals surface area contributed by atoms with Crippen molar-refractivity contribution in [2.24, 2.45) is 0 Å². The Hall–Kier alpha value is -3.19. The van der Waals surface area contributed by atoms with Crippen LogP contribution in [0.5, 0.6) is 0 Å². The lowest BCUT2D eigenvalue weighted by Gasteiger charge is -2.22. The number of ether oxygens (including phenoxy) is 1. The average molecular weight is 471 g/mol. The molecule has 1 fully saturated rings. The first-order valence-electron chi connectivity index (χ1n) is 11.0. The number of hydrogen-bond donors (Lipinski definition) is 2. The van der Waals surface area contributed by atoms with Gasteiger partial charge in [0.1, 0.15) is 6.54 Å². The minimum absolute atomic E-state index is 0.305. The molecule has 8 heteroatoms. The maximum atomic E-state index is 12.3. The predicted molar refractivity (Wildman–Crippen MR) is 124 cm³/mol. The Bertz CT molecular complexity index is 983. The molecular weight excluding hydrogens is 444 g/mol. The molecule has 2 N–H and O–H groups in total. The first-order valence-corrected chi connectivity index (χ1v) is 11.4. The van der Waals surface area contributed by atoms with E-state index < -0.39 is 30.9 Å². The molecule has 0 saturated heterocycles. The van der Waals surface area contributed by atoms with E-state index in [-0.39, 0.29) is 12.3 Å². The van der Waals surface area contributed by atoms with Crippen LogP contribution in [0, 0.1) is 0 Å². The van der Waals surface area contributed by atoms with Crippen LogP contribution < -0.4 is 10.6 Å². The van der Waals surface area contributed by atoms with E-state index in [2.05, 4.69) is 10.6 Å². The second-order valence-electron chi connectivity index (χ2n) is 8.01. The van der Waals surface area contributed by atoms with Gasteiger partial charge in [0.2, 0.25) is 5.91 Å². The van der Waals surface area contributed by atoms with Gasteiger partial charge in [0.25, 0.3) is 5.91 Å². The van der Waals surface area contributed by atoms with Gasteiger partial charge in [-0.15, -0.1) is 0 Å². The molecular formula is C25H27ClN2O5. The molecule has 1 aliphatic carbocycles. The van der Waals surface area contributed by atoms with E-state index >= 15 is 0 Å². The Labute approximate surface area is 197 Å². The summed E-state index contributed by atoms with van der Waals surface area (Å²) >= 11 is 5.77. The number of carbonyl (C=O) groups excluding carboxylic acids is 4. The standard InChI is InChI=1S/C25H27ClN2O5/c26-21-12-10-20(11-13-21)25(32)28-14-23(30)27-15-24(31)33-16-22(29)19-8-6-18(7-9-19)17-4-2-1-3-5-17/h6-13,17H,1-5,14-16H2,(H,27,30)(H,28,32). The van der Waals surface area contributed by atoms with Crippen LogP contribution in [0.15, 0.2) is 48.5 Å². The highest BCUT2D eigenvalue weighted by Crippen LogP contribution is 2.32. The summed E-state index contributed by atoms with van der Waals surface area (Å²) in [6, 6.07) is 13.7. The fraction of sp³-hybridized carbons (Fsp3) is 0.360. The quantitative estimate of drug-likeness (QED) is 0.430. The van der Waals surface area contributed by atoms with Gasteiger partial charge in [-0.25, -0.2) is 0 Å². The normalized spacial score (nSPS) is 13.7. The van der Waals surface area contributed by atoms with Crippen molar-refractivity contribution < 1.29 is 23.9 Å². The lowest BCUT2D eigenvalue weighted by Crippen LogP contribution is -2.39. The van der Waals surface area contributed by atoms with E-state index in [0.29, 0.717) is 22.1 Å². The third-order valence-corrected chi connectivity index (χ3v) is 5.87. The van der Waals surface area contributed by atoms with Gasteiger partial charge in [0.15, 0.2) is 12.4 Å². The number of benzene rings is 2. The highest BCUT2D eigenvalue weighted by Gasteiger charge is 2.17. The average Bonchev–Trinajstić information content (AvgIpc) is 2.85. The Balaban J connectivity index is 1.34. The molecule has 0 heterocycles. The number of nitrogens with one attached hydrogen (secondary N) is 2. The molecule has 2 aromatic carbocycles. The van der Waals surface area contributed by atoms with Gasteiger partial charge < -0.3 is 15.4 Å². The zero-order chi connectivity index (χ0) is 23.6. The third kappa shape index (κ3) is 7.71.